The molecular weight excluding hydrogens is 436 g/mol. The van der Waals surface area contributed by atoms with Gasteiger partial charge < -0.3 is 26.3 Å². The molecule has 0 atom stereocenters. The summed E-state index contributed by atoms with van der Waals surface area (Å²) in [5.41, 5.74) is 7.13. The molecule has 6 nitrogen and oxygen atoms in total. The van der Waals surface area contributed by atoms with Crippen LogP contribution in [0.3, 0.4) is 0 Å². The summed E-state index contributed by atoms with van der Waals surface area (Å²) in [4.78, 5) is 16.1. The molecule has 0 spiro atoms. The minimum absolute atomic E-state index is 0.0763. The van der Waals surface area contributed by atoms with Crippen LogP contribution < -0.4 is 16.0 Å². The molecule has 0 unspecified atom stereocenters. The van der Waals surface area contributed by atoms with Gasteiger partial charge in [0.1, 0.15) is 17.3 Å². The Bertz CT molecular complexity index is 1100. The number of piperidine rings is 1. The summed E-state index contributed by atoms with van der Waals surface area (Å²) < 4.78 is 28.6. The van der Waals surface area contributed by atoms with Gasteiger partial charge in [-0.2, -0.15) is 0 Å². The zero-order chi connectivity index (χ0) is 24.5. The number of amides is 1. The third-order valence-corrected chi connectivity index (χ3v) is 6.39. The van der Waals surface area contributed by atoms with Crippen LogP contribution >= 0.6 is 0 Å². The maximum absolute atomic E-state index is 14.5. The maximum atomic E-state index is 14.5. The molecule has 0 saturated carbocycles. The molecule has 34 heavy (non-hydrogen) atoms. The summed E-state index contributed by atoms with van der Waals surface area (Å²) in [6, 6.07) is 12.3. The van der Waals surface area contributed by atoms with Crippen molar-refractivity contribution in [1.82, 2.24) is 4.90 Å². The first-order valence-corrected chi connectivity index (χ1v) is 11.5. The van der Waals surface area contributed by atoms with E-state index >= 15 is 0 Å². The van der Waals surface area contributed by atoms with Crippen molar-refractivity contribution in [3.8, 4) is 0 Å². The van der Waals surface area contributed by atoms with Crippen LogP contribution in [0.25, 0.3) is 0 Å². The molecule has 2 aromatic carbocycles. The molecule has 0 aliphatic carbocycles. The lowest BCUT2D eigenvalue weighted by Crippen LogP contribution is -2.41. The monoisotopic (exact) mass is 467 g/mol. The predicted molar refractivity (Wildman–Crippen MR) is 131 cm³/mol. The highest BCUT2D eigenvalue weighted by Gasteiger charge is 2.34. The van der Waals surface area contributed by atoms with Crippen molar-refractivity contribution < 1.29 is 13.6 Å². The van der Waals surface area contributed by atoms with Crippen LogP contribution in [0, 0.1) is 17.1 Å². The highest BCUT2D eigenvalue weighted by molar-refractivity contribution is 6.04. The number of halogens is 2. The van der Waals surface area contributed by atoms with Crippen LogP contribution in [0.1, 0.15) is 42.6 Å². The van der Waals surface area contributed by atoms with E-state index in [0.717, 1.165) is 43.1 Å². The van der Waals surface area contributed by atoms with E-state index in [1.54, 1.807) is 13.8 Å². The zero-order valence-electron chi connectivity index (χ0n) is 19.6. The molecule has 0 aromatic heterocycles. The summed E-state index contributed by atoms with van der Waals surface area (Å²) in [5, 5.41) is 11.5. The molecule has 0 radical (unpaired) electrons. The number of rotatable bonds is 7. The second kappa shape index (κ2) is 9.54. The number of nitrogens with one attached hydrogen (secondary N) is 2. The van der Waals surface area contributed by atoms with E-state index in [1.165, 1.54) is 12.3 Å². The van der Waals surface area contributed by atoms with Crippen molar-refractivity contribution in [1.29, 1.82) is 5.41 Å². The third kappa shape index (κ3) is 5.12. The van der Waals surface area contributed by atoms with E-state index in [2.05, 4.69) is 10.2 Å². The SMILES string of the molecule is CC(C)(F)CN1CCC(/C(C=N)=C2/Nc3c(C(N)=O)cc(F)cc3N2Cc2ccccc2)CC1. The van der Waals surface area contributed by atoms with Gasteiger partial charge >= 0.3 is 0 Å². The molecule has 0 bridgehead atoms. The number of likely N-dealkylation sites (tertiary alicyclic amines) is 1. The van der Waals surface area contributed by atoms with Gasteiger partial charge in [0.25, 0.3) is 5.91 Å². The van der Waals surface area contributed by atoms with Crippen LogP contribution in [0.15, 0.2) is 53.9 Å². The average molecular weight is 468 g/mol. The number of nitrogens with zero attached hydrogens (tertiary/aromatic N) is 2. The normalized spacial score (nSPS) is 18.4. The van der Waals surface area contributed by atoms with Crippen LogP contribution in [-0.4, -0.2) is 42.3 Å². The standard InChI is InChI=1S/C26H31F2N5O/c1-26(2,28)16-32-10-8-18(9-11-32)21(14-29)25-31-23-20(24(30)34)12-19(27)13-22(23)33(25)15-17-6-4-3-5-7-17/h3-7,12-14,18,29,31H,8-11,15-16H2,1-2H3,(H2,30,34)/b25-21-,29-14?. The number of hydrogen-bond acceptors (Lipinski definition) is 5. The second-order valence-electron chi connectivity index (χ2n) is 9.63. The van der Waals surface area contributed by atoms with Crippen LogP contribution in [0.2, 0.25) is 0 Å². The van der Waals surface area contributed by atoms with Crippen LogP contribution in [0.4, 0.5) is 20.2 Å². The van der Waals surface area contributed by atoms with E-state index in [9.17, 15) is 13.6 Å². The number of hydrogen-bond donors (Lipinski definition) is 3. The van der Waals surface area contributed by atoms with Crippen LogP contribution in [0.5, 0.6) is 0 Å². The maximum Gasteiger partial charge on any atom is 0.250 e. The Morgan fingerprint density at radius 2 is 1.91 bits per heavy atom. The number of anilines is 2. The Morgan fingerprint density at radius 1 is 1.24 bits per heavy atom. The van der Waals surface area contributed by atoms with Gasteiger partial charge in [-0.25, -0.2) is 8.78 Å². The lowest BCUT2D eigenvalue weighted by atomic mass is 9.88. The van der Waals surface area contributed by atoms with Gasteiger partial charge in [-0.3, -0.25) is 4.79 Å². The Balaban J connectivity index is 1.71. The number of allylic oxidation sites excluding steroid dienone is 1. The number of primary amides is 1. The van der Waals surface area contributed by atoms with Crippen molar-refractivity contribution in [2.45, 2.75) is 38.9 Å². The fourth-order valence-corrected chi connectivity index (χ4v) is 4.91. The first-order chi connectivity index (χ1) is 16.2. The molecule has 2 aliphatic rings. The van der Waals surface area contributed by atoms with E-state index in [0.29, 0.717) is 30.3 Å². The topological polar surface area (TPSA) is 85.5 Å². The quantitative estimate of drug-likeness (QED) is 0.516. The smallest absolute Gasteiger partial charge is 0.250 e. The van der Waals surface area contributed by atoms with Gasteiger partial charge in [-0.1, -0.05) is 30.3 Å². The fourth-order valence-electron chi connectivity index (χ4n) is 4.91. The molecule has 2 heterocycles. The molecule has 2 aromatic rings. The molecular formula is C26H31F2N5O. The van der Waals surface area contributed by atoms with Crippen molar-refractivity contribution in [2.75, 3.05) is 29.9 Å². The first kappa shape index (κ1) is 23.9. The predicted octanol–water partition coefficient (Wildman–Crippen LogP) is 4.68. The fraction of sp³-hybridized carbons (Fsp3) is 0.385. The number of fused-ring (bicyclic) bond motifs is 1. The lowest BCUT2D eigenvalue weighted by Gasteiger charge is -2.35. The van der Waals surface area contributed by atoms with E-state index in [1.807, 2.05) is 35.2 Å². The van der Waals surface area contributed by atoms with Gasteiger partial charge in [0, 0.05) is 24.9 Å². The number of nitrogens with two attached hydrogens (primary N) is 1. The molecule has 1 saturated heterocycles. The summed E-state index contributed by atoms with van der Waals surface area (Å²) in [6.45, 7) is 5.44. The second-order valence-corrected chi connectivity index (χ2v) is 9.63. The Hall–Kier alpha value is -3.26. The average Bonchev–Trinajstić information content (AvgIpc) is 3.12. The van der Waals surface area contributed by atoms with Crippen molar-refractivity contribution in [3.05, 3.63) is 70.8 Å². The summed E-state index contributed by atoms with van der Waals surface area (Å²) in [7, 11) is 0. The van der Waals surface area contributed by atoms with Gasteiger partial charge in [0.15, 0.2) is 0 Å². The molecule has 180 valence electrons. The van der Waals surface area contributed by atoms with E-state index in [-0.39, 0.29) is 11.5 Å². The number of carbonyl (C=O) groups is 1. The minimum Gasteiger partial charge on any atom is -0.366 e. The Labute approximate surface area is 198 Å². The van der Waals surface area contributed by atoms with Gasteiger partial charge in [0.05, 0.1) is 16.9 Å². The van der Waals surface area contributed by atoms with Crippen molar-refractivity contribution in [2.24, 2.45) is 11.7 Å². The number of carbonyl (C=O) groups excluding carboxylic acids is 1. The van der Waals surface area contributed by atoms with Gasteiger partial charge in [-0.05, 0) is 63.4 Å². The molecule has 8 heteroatoms. The highest BCUT2D eigenvalue weighted by atomic mass is 19.1. The summed E-state index contributed by atoms with van der Waals surface area (Å²) in [5.74, 6) is -0.533. The molecule has 2 aliphatic heterocycles. The molecule has 1 amide bonds. The van der Waals surface area contributed by atoms with Gasteiger partial charge in [0.2, 0.25) is 0 Å². The lowest BCUT2D eigenvalue weighted by molar-refractivity contribution is 0.0999. The van der Waals surface area contributed by atoms with Crippen molar-refractivity contribution >= 4 is 23.5 Å². The Morgan fingerprint density at radius 3 is 2.50 bits per heavy atom. The van der Waals surface area contributed by atoms with Gasteiger partial charge in [-0.15, -0.1) is 0 Å². The van der Waals surface area contributed by atoms with E-state index < -0.39 is 17.4 Å². The van der Waals surface area contributed by atoms with E-state index in [4.69, 9.17) is 11.1 Å². The van der Waals surface area contributed by atoms with Crippen LogP contribution in [-0.2, 0) is 6.54 Å². The minimum atomic E-state index is -1.26. The molecule has 4 rings (SSSR count). The summed E-state index contributed by atoms with van der Waals surface area (Å²) in [6.07, 6.45) is 2.89. The zero-order valence-corrected chi connectivity index (χ0v) is 19.6. The highest BCUT2D eigenvalue weighted by Crippen LogP contribution is 2.43. The number of alkyl halides is 1. The molecule has 4 N–H and O–H groups in total. The molecule has 1 fully saturated rings. The number of benzene rings is 2. The first-order valence-electron chi connectivity index (χ1n) is 11.5. The third-order valence-electron chi connectivity index (χ3n) is 6.39. The largest absolute Gasteiger partial charge is 0.366 e. The van der Waals surface area contributed by atoms with Crippen molar-refractivity contribution in [3.63, 3.8) is 0 Å². The Kier molecular flexibility index (Phi) is 6.70. The summed E-state index contributed by atoms with van der Waals surface area (Å²) >= 11 is 0.